The largest absolute Gasteiger partial charge is 0.320 e. The molecule has 2 aromatic heterocycles. The predicted octanol–water partition coefficient (Wildman–Crippen LogP) is 3.13. The highest BCUT2D eigenvalue weighted by Crippen LogP contribution is 2.15. The summed E-state index contributed by atoms with van der Waals surface area (Å²) in [5.74, 6) is -0.275. The highest BCUT2D eigenvalue weighted by Gasteiger charge is 2.18. The van der Waals surface area contributed by atoms with Gasteiger partial charge < -0.3 is 5.32 Å². The van der Waals surface area contributed by atoms with Crippen molar-refractivity contribution in [3.05, 3.63) is 99.5 Å². The van der Waals surface area contributed by atoms with Gasteiger partial charge in [0.1, 0.15) is 5.69 Å². The van der Waals surface area contributed by atoms with E-state index < -0.39 is 0 Å². The van der Waals surface area contributed by atoms with Crippen molar-refractivity contribution >= 4 is 11.6 Å². The van der Waals surface area contributed by atoms with Crippen molar-refractivity contribution in [3.63, 3.8) is 0 Å². The van der Waals surface area contributed by atoms with Crippen LogP contribution in [0.2, 0.25) is 0 Å². The number of rotatable bonds is 7. The number of nitrogens with one attached hydrogen (secondary N) is 1. The van der Waals surface area contributed by atoms with Crippen LogP contribution in [0, 0.1) is 6.92 Å². The van der Waals surface area contributed by atoms with Gasteiger partial charge in [0.15, 0.2) is 0 Å². The van der Waals surface area contributed by atoms with Gasteiger partial charge in [-0.1, -0.05) is 48.5 Å². The molecule has 0 unspecified atom stereocenters. The number of aromatic nitrogens is 4. The number of carbonyl (C=O) groups is 1. The molecular weight excluding hydrogens is 418 g/mol. The number of anilines is 1. The zero-order valence-corrected chi connectivity index (χ0v) is 18.6. The molecule has 4 aromatic rings. The van der Waals surface area contributed by atoms with Crippen LogP contribution < -0.4 is 16.4 Å². The van der Waals surface area contributed by atoms with Crippen molar-refractivity contribution in [2.45, 2.75) is 26.3 Å². The van der Waals surface area contributed by atoms with Crippen LogP contribution >= 0.6 is 0 Å². The molecule has 2 aromatic carbocycles. The summed E-state index contributed by atoms with van der Waals surface area (Å²) in [4.78, 5) is 42.2. The third-order valence-corrected chi connectivity index (χ3v) is 5.57. The summed E-state index contributed by atoms with van der Waals surface area (Å²) in [6, 6.07) is 20.2. The number of benzene rings is 2. The third kappa shape index (κ3) is 4.69. The Hall–Kier alpha value is -4.20. The summed E-state index contributed by atoms with van der Waals surface area (Å²) in [6.07, 6.45) is 2.12. The fourth-order valence-electron chi connectivity index (χ4n) is 3.68. The maximum atomic E-state index is 12.9. The molecule has 0 radical (unpaired) electrons. The quantitative estimate of drug-likeness (QED) is 0.475. The predicted molar refractivity (Wildman–Crippen MR) is 128 cm³/mol. The van der Waals surface area contributed by atoms with Crippen LogP contribution in [0.1, 0.15) is 18.5 Å². The molecule has 0 aliphatic rings. The molecule has 0 spiro atoms. The zero-order chi connectivity index (χ0) is 23.4. The van der Waals surface area contributed by atoms with E-state index in [9.17, 15) is 14.4 Å². The van der Waals surface area contributed by atoms with Gasteiger partial charge >= 0.3 is 0 Å². The van der Waals surface area contributed by atoms with Crippen molar-refractivity contribution < 1.29 is 4.79 Å². The second kappa shape index (κ2) is 9.52. The van der Waals surface area contributed by atoms with E-state index in [0.29, 0.717) is 24.4 Å². The van der Waals surface area contributed by atoms with Gasteiger partial charge in [-0.25, -0.2) is 9.67 Å². The van der Waals surface area contributed by atoms with Crippen molar-refractivity contribution in [2.24, 2.45) is 7.05 Å². The Balaban J connectivity index is 1.40. The Morgan fingerprint density at radius 3 is 2.33 bits per heavy atom. The minimum Gasteiger partial charge on any atom is -0.320 e. The zero-order valence-electron chi connectivity index (χ0n) is 18.6. The molecule has 168 valence electrons. The van der Waals surface area contributed by atoms with Gasteiger partial charge in [-0.2, -0.15) is 0 Å². The van der Waals surface area contributed by atoms with Crippen LogP contribution in [0.4, 0.5) is 5.69 Å². The van der Waals surface area contributed by atoms with Gasteiger partial charge in [-0.3, -0.25) is 23.6 Å². The SMILES string of the molecule is Cc1c(NC(=O)CCCn2cnc(-c3ccccc3)cc2=O)c(=O)n(-c2ccccc2)n1C. The van der Waals surface area contributed by atoms with Crippen molar-refractivity contribution in [2.75, 3.05) is 5.32 Å². The highest BCUT2D eigenvalue weighted by atomic mass is 16.2. The molecule has 8 heteroatoms. The molecule has 1 N–H and O–H groups in total. The van der Waals surface area contributed by atoms with E-state index in [1.54, 1.807) is 18.7 Å². The van der Waals surface area contributed by atoms with Gasteiger partial charge in [-0.05, 0) is 25.5 Å². The van der Waals surface area contributed by atoms with Crippen LogP contribution in [0.3, 0.4) is 0 Å². The average Bonchev–Trinajstić information content (AvgIpc) is 3.04. The van der Waals surface area contributed by atoms with Crippen LogP contribution in [-0.4, -0.2) is 24.8 Å². The lowest BCUT2D eigenvalue weighted by atomic mass is 10.1. The molecule has 8 nitrogen and oxygen atoms in total. The maximum Gasteiger partial charge on any atom is 0.295 e. The fraction of sp³-hybridized carbons (Fsp3) is 0.200. The van der Waals surface area contributed by atoms with E-state index in [0.717, 1.165) is 11.3 Å². The first-order chi connectivity index (χ1) is 16.0. The topological polar surface area (TPSA) is 90.9 Å². The highest BCUT2D eigenvalue weighted by molar-refractivity contribution is 5.91. The monoisotopic (exact) mass is 443 g/mol. The summed E-state index contributed by atoms with van der Waals surface area (Å²) in [5.41, 5.74) is 2.68. The Labute approximate surface area is 190 Å². The van der Waals surface area contributed by atoms with Gasteiger partial charge in [0.25, 0.3) is 11.1 Å². The lowest BCUT2D eigenvalue weighted by molar-refractivity contribution is -0.116. The summed E-state index contributed by atoms with van der Waals surface area (Å²) in [5, 5.41) is 2.74. The number of hydrogen-bond acceptors (Lipinski definition) is 4. The van der Waals surface area contributed by atoms with Crippen molar-refractivity contribution in [3.8, 4) is 16.9 Å². The number of carbonyl (C=O) groups excluding carboxylic acids is 1. The molecule has 2 heterocycles. The van der Waals surface area contributed by atoms with E-state index in [-0.39, 0.29) is 29.1 Å². The van der Waals surface area contributed by atoms with Crippen molar-refractivity contribution in [1.29, 1.82) is 0 Å². The van der Waals surface area contributed by atoms with E-state index in [2.05, 4.69) is 10.3 Å². The average molecular weight is 444 g/mol. The van der Waals surface area contributed by atoms with Crippen LogP contribution in [0.25, 0.3) is 16.9 Å². The van der Waals surface area contributed by atoms with E-state index in [4.69, 9.17) is 0 Å². The Kier molecular flexibility index (Phi) is 6.35. The molecule has 0 saturated heterocycles. The number of amides is 1. The van der Waals surface area contributed by atoms with Gasteiger partial charge in [-0.15, -0.1) is 0 Å². The number of nitrogens with zero attached hydrogens (tertiary/aromatic N) is 4. The van der Waals surface area contributed by atoms with Crippen LogP contribution in [-0.2, 0) is 18.4 Å². The molecule has 0 fully saturated rings. The third-order valence-electron chi connectivity index (χ3n) is 5.57. The number of aryl methyl sites for hydroxylation is 1. The molecule has 1 amide bonds. The first-order valence-corrected chi connectivity index (χ1v) is 10.7. The van der Waals surface area contributed by atoms with Crippen LogP contribution in [0.15, 0.2) is 82.6 Å². The smallest absolute Gasteiger partial charge is 0.295 e. The summed E-state index contributed by atoms with van der Waals surface area (Å²) in [7, 11) is 1.78. The van der Waals surface area contributed by atoms with E-state index >= 15 is 0 Å². The molecular formula is C25H25N5O3. The molecule has 0 aliphatic carbocycles. The first-order valence-electron chi connectivity index (χ1n) is 10.7. The number of para-hydroxylation sites is 1. The summed E-state index contributed by atoms with van der Waals surface area (Å²) >= 11 is 0. The summed E-state index contributed by atoms with van der Waals surface area (Å²) in [6.45, 7) is 2.15. The lowest BCUT2D eigenvalue weighted by Gasteiger charge is -2.07. The Morgan fingerprint density at radius 2 is 1.67 bits per heavy atom. The molecule has 0 atom stereocenters. The van der Waals surface area contributed by atoms with Gasteiger partial charge in [0.2, 0.25) is 5.91 Å². The molecule has 0 aliphatic heterocycles. The molecule has 0 bridgehead atoms. The minimum absolute atomic E-state index is 0.172. The second-order valence-electron chi connectivity index (χ2n) is 7.76. The first kappa shape index (κ1) is 22.0. The normalized spacial score (nSPS) is 10.8. The maximum absolute atomic E-state index is 12.9. The second-order valence-corrected chi connectivity index (χ2v) is 7.76. The number of hydrogen-bond donors (Lipinski definition) is 1. The van der Waals surface area contributed by atoms with E-state index in [1.165, 1.54) is 21.6 Å². The Morgan fingerprint density at radius 1 is 1.00 bits per heavy atom. The van der Waals surface area contributed by atoms with Gasteiger partial charge in [0.05, 0.1) is 23.4 Å². The van der Waals surface area contributed by atoms with E-state index in [1.807, 2.05) is 60.7 Å². The van der Waals surface area contributed by atoms with Crippen molar-refractivity contribution in [1.82, 2.24) is 18.9 Å². The molecule has 0 saturated carbocycles. The Bertz CT molecular complexity index is 1390. The molecule has 33 heavy (non-hydrogen) atoms. The summed E-state index contributed by atoms with van der Waals surface area (Å²) < 4.78 is 4.72. The molecule has 4 rings (SSSR count). The standard InChI is InChI=1S/C25H25N5O3/c1-18-24(25(33)30(28(18)2)20-12-7-4-8-13-20)27-22(31)14-9-15-29-17-26-21(16-23(29)32)19-10-5-3-6-11-19/h3-8,10-13,16-17H,9,14-15H2,1-2H3,(H,27,31). The minimum atomic E-state index is -0.286. The van der Waals surface area contributed by atoms with Crippen LogP contribution in [0.5, 0.6) is 0 Å². The lowest BCUT2D eigenvalue weighted by Crippen LogP contribution is -2.23. The van der Waals surface area contributed by atoms with Gasteiger partial charge in [0, 0.05) is 31.6 Å². The fourth-order valence-corrected chi connectivity index (χ4v) is 3.68.